The topological polar surface area (TPSA) is 61.9 Å². The number of nitriles is 1. The molecule has 124 valence electrons. The van der Waals surface area contributed by atoms with E-state index in [0.29, 0.717) is 22.4 Å². The molecule has 1 fully saturated rings. The first-order chi connectivity index (χ1) is 11.4. The van der Waals surface area contributed by atoms with Crippen LogP contribution in [0, 0.1) is 11.3 Å². The molecule has 0 bridgehead atoms. The van der Waals surface area contributed by atoms with E-state index in [9.17, 15) is 13.6 Å². The van der Waals surface area contributed by atoms with Crippen molar-refractivity contribution in [3.05, 3.63) is 41.6 Å². The van der Waals surface area contributed by atoms with Gasteiger partial charge < -0.3 is 4.90 Å². The van der Waals surface area contributed by atoms with E-state index >= 15 is 0 Å². The van der Waals surface area contributed by atoms with E-state index in [1.54, 1.807) is 42.2 Å². The molecule has 0 saturated carbocycles. The molecule has 1 saturated heterocycles. The molecule has 5 nitrogen and oxygen atoms in total. The van der Waals surface area contributed by atoms with Gasteiger partial charge in [0.25, 0.3) is 11.8 Å². The summed E-state index contributed by atoms with van der Waals surface area (Å²) in [5, 5.41) is 13.4. The van der Waals surface area contributed by atoms with Gasteiger partial charge in [-0.2, -0.15) is 10.4 Å². The third-order valence-electron chi connectivity index (χ3n) is 4.15. The summed E-state index contributed by atoms with van der Waals surface area (Å²) in [4.78, 5) is 14.2. The molecule has 1 aliphatic rings. The van der Waals surface area contributed by atoms with Gasteiger partial charge in [-0.15, -0.1) is 0 Å². The van der Waals surface area contributed by atoms with Crippen LogP contribution in [0.25, 0.3) is 11.3 Å². The maximum Gasteiger partial charge on any atom is 0.254 e. The maximum absolute atomic E-state index is 13.3. The van der Waals surface area contributed by atoms with Crippen molar-refractivity contribution in [1.29, 1.82) is 5.26 Å². The number of nitrogens with zero attached hydrogens (tertiary/aromatic N) is 4. The van der Waals surface area contributed by atoms with Crippen LogP contribution in [0.5, 0.6) is 0 Å². The molecule has 1 aromatic heterocycles. The number of halogens is 2. The number of carbonyl (C=O) groups is 1. The zero-order valence-electron chi connectivity index (χ0n) is 13.2. The number of hydrogen-bond acceptors (Lipinski definition) is 3. The van der Waals surface area contributed by atoms with Crippen molar-refractivity contribution in [2.75, 3.05) is 13.1 Å². The molecule has 2 aromatic rings. The molecule has 3 rings (SSSR count). The molecule has 0 N–H and O–H groups in total. The van der Waals surface area contributed by atoms with Gasteiger partial charge in [-0.1, -0.05) is 0 Å². The number of alkyl halides is 2. The normalized spacial score (nSPS) is 16.7. The Morgan fingerprint density at radius 3 is 2.58 bits per heavy atom. The van der Waals surface area contributed by atoms with Crippen molar-refractivity contribution in [2.24, 2.45) is 7.05 Å². The Morgan fingerprint density at radius 2 is 2.00 bits per heavy atom. The van der Waals surface area contributed by atoms with Crippen LogP contribution in [0.3, 0.4) is 0 Å². The lowest BCUT2D eigenvalue weighted by atomic mass is 9.99. The standard InChI is InChI=1S/C17H16F2N4O/c1-22-7-4-15(21-22)14-10-12(11-20)2-3-13(14)16(24)23-8-5-17(18,19)6-9-23/h2-4,7,10H,5-6,8-9H2,1H3. The van der Waals surface area contributed by atoms with Crippen LogP contribution in [-0.4, -0.2) is 39.6 Å². The van der Waals surface area contributed by atoms with E-state index in [-0.39, 0.29) is 31.8 Å². The fourth-order valence-electron chi connectivity index (χ4n) is 2.78. The summed E-state index contributed by atoms with van der Waals surface area (Å²) in [6.45, 7) is 0.0426. The molecule has 0 radical (unpaired) electrons. The molecule has 0 atom stereocenters. The minimum atomic E-state index is -2.70. The van der Waals surface area contributed by atoms with Crippen molar-refractivity contribution in [1.82, 2.24) is 14.7 Å². The van der Waals surface area contributed by atoms with E-state index in [1.807, 2.05) is 6.07 Å². The minimum Gasteiger partial charge on any atom is -0.338 e. The molecular weight excluding hydrogens is 314 g/mol. The van der Waals surface area contributed by atoms with Crippen molar-refractivity contribution >= 4 is 5.91 Å². The second kappa shape index (κ2) is 6.04. The highest BCUT2D eigenvalue weighted by atomic mass is 19.3. The fraction of sp³-hybridized carbons (Fsp3) is 0.353. The summed E-state index contributed by atoms with van der Waals surface area (Å²) in [5.41, 5.74) is 1.90. The molecule has 1 aliphatic heterocycles. The number of carbonyl (C=O) groups excluding carboxylic acids is 1. The largest absolute Gasteiger partial charge is 0.338 e. The Hall–Kier alpha value is -2.75. The SMILES string of the molecule is Cn1ccc(-c2cc(C#N)ccc2C(=O)N2CCC(F)(F)CC2)n1. The second-order valence-electron chi connectivity index (χ2n) is 5.89. The van der Waals surface area contributed by atoms with Crippen LogP contribution in [0.2, 0.25) is 0 Å². The molecule has 0 aliphatic carbocycles. The molecule has 0 unspecified atom stereocenters. The zero-order valence-corrected chi connectivity index (χ0v) is 13.2. The van der Waals surface area contributed by atoms with Gasteiger partial charge in [0.2, 0.25) is 0 Å². The van der Waals surface area contributed by atoms with Crippen molar-refractivity contribution in [2.45, 2.75) is 18.8 Å². The molecule has 1 amide bonds. The van der Waals surface area contributed by atoms with E-state index in [1.165, 1.54) is 4.90 Å². The number of amides is 1. The number of piperidine rings is 1. The lowest BCUT2D eigenvalue weighted by Gasteiger charge is -2.32. The number of aromatic nitrogens is 2. The van der Waals surface area contributed by atoms with Crippen molar-refractivity contribution in [3.8, 4) is 17.3 Å². The van der Waals surface area contributed by atoms with Gasteiger partial charge in [-0.05, 0) is 24.3 Å². The summed E-state index contributed by atoms with van der Waals surface area (Å²) in [6.07, 6.45) is 1.09. The van der Waals surface area contributed by atoms with Gasteiger partial charge in [0, 0.05) is 50.3 Å². The smallest absolute Gasteiger partial charge is 0.254 e. The first kappa shape index (κ1) is 16.1. The maximum atomic E-state index is 13.3. The summed E-state index contributed by atoms with van der Waals surface area (Å²) >= 11 is 0. The highest BCUT2D eigenvalue weighted by molar-refractivity contribution is 6.00. The first-order valence-corrected chi connectivity index (χ1v) is 7.61. The molecular formula is C17H16F2N4O. The predicted molar refractivity (Wildman–Crippen MR) is 83.4 cm³/mol. The number of aryl methyl sites for hydroxylation is 1. The van der Waals surface area contributed by atoms with Crippen LogP contribution in [-0.2, 0) is 7.05 Å². The van der Waals surface area contributed by atoms with Gasteiger partial charge in [-0.25, -0.2) is 8.78 Å². The van der Waals surface area contributed by atoms with E-state index in [2.05, 4.69) is 5.10 Å². The Labute approximate surface area is 138 Å². The molecule has 24 heavy (non-hydrogen) atoms. The molecule has 1 aromatic carbocycles. The Morgan fingerprint density at radius 1 is 1.29 bits per heavy atom. The molecule has 0 spiro atoms. The Bertz CT molecular complexity index is 812. The number of hydrogen-bond donors (Lipinski definition) is 0. The van der Waals surface area contributed by atoms with Crippen LogP contribution in [0.15, 0.2) is 30.5 Å². The van der Waals surface area contributed by atoms with Crippen molar-refractivity contribution < 1.29 is 13.6 Å². The highest BCUT2D eigenvalue weighted by Gasteiger charge is 2.36. The third-order valence-corrected chi connectivity index (χ3v) is 4.15. The summed E-state index contributed by atoms with van der Waals surface area (Å²) < 4.78 is 28.2. The van der Waals surface area contributed by atoms with Crippen LogP contribution >= 0.6 is 0 Å². The Kier molecular flexibility index (Phi) is 4.06. The van der Waals surface area contributed by atoms with Crippen LogP contribution < -0.4 is 0 Å². The number of likely N-dealkylation sites (tertiary alicyclic amines) is 1. The molecule has 7 heteroatoms. The summed E-state index contributed by atoms with van der Waals surface area (Å²) in [7, 11) is 1.76. The van der Waals surface area contributed by atoms with E-state index in [0.717, 1.165) is 0 Å². The lowest BCUT2D eigenvalue weighted by Crippen LogP contribution is -2.42. The van der Waals surface area contributed by atoms with Crippen molar-refractivity contribution in [3.63, 3.8) is 0 Å². The monoisotopic (exact) mass is 330 g/mol. The van der Waals surface area contributed by atoms with Gasteiger partial charge >= 0.3 is 0 Å². The highest BCUT2D eigenvalue weighted by Crippen LogP contribution is 2.30. The summed E-state index contributed by atoms with van der Waals surface area (Å²) in [6, 6.07) is 8.52. The first-order valence-electron chi connectivity index (χ1n) is 7.61. The van der Waals surface area contributed by atoms with E-state index in [4.69, 9.17) is 5.26 Å². The quantitative estimate of drug-likeness (QED) is 0.850. The predicted octanol–water partition coefficient (Wildman–Crippen LogP) is 2.83. The van der Waals surface area contributed by atoms with Gasteiger partial charge in [0.1, 0.15) is 0 Å². The lowest BCUT2D eigenvalue weighted by molar-refractivity contribution is -0.0494. The van der Waals surface area contributed by atoms with Crippen LogP contribution in [0.1, 0.15) is 28.8 Å². The molecule has 2 heterocycles. The average molecular weight is 330 g/mol. The number of benzene rings is 1. The van der Waals surface area contributed by atoms with Gasteiger partial charge in [0.05, 0.1) is 17.3 Å². The van der Waals surface area contributed by atoms with Gasteiger partial charge in [0.15, 0.2) is 0 Å². The summed E-state index contributed by atoms with van der Waals surface area (Å²) in [5.74, 6) is -3.01. The van der Waals surface area contributed by atoms with Crippen LogP contribution in [0.4, 0.5) is 8.78 Å². The van der Waals surface area contributed by atoms with Gasteiger partial charge in [-0.3, -0.25) is 9.48 Å². The minimum absolute atomic E-state index is 0.0213. The third kappa shape index (κ3) is 3.13. The van der Waals surface area contributed by atoms with E-state index < -0.39 is 5.92 Å². The Balaban J connectivity index is 1.96. The zero-order chi connectivity index (χ0) is 17.3. The fourth-order valence-corrected chi connectivity index (χ4v) is 2.78. The second-order valence-corrected chi connectivity index (χ2v) is 5.89. The number of rotatable bonds is 2. The average Bonchev–Trinajstić information content (AvgIpc) is 3.00.